The first-order valence-corrected chi connectivity index (χ1v) is 3.17. The Balaban J connectivity index is 0.00000121. The van der Waals surface area contributed by atoms with Crippen molar-refractivity contribution in [2.75, 3.05) is 0 Å². The summed E-state index contributed by atoms with van der Waals surface area (Å²) >= 11 is 0. The molecule has 0 atom stereocenters. The standard InChI is InChI=1S/C7H8F2N2.ClH/c8-7(9)6-3-5(4-10)1-2-11-6;/h1-3,7H,4,10H2;1H. The Morgan fingerprint density at radius 2 is 2.17 bits per heavy atom. The summed E-state index contributed by atoms with van der Waals surface area (Å²) in [5, 5.41) is 0. The Kier molecular flexibility index (Phi) is 4.70. The maximum atomic E-state index is 12.0. The number of alkyl halides is 2. The van der Waals surface area contributed by atoms with E-state index in [2.05, 4.69) is 4.98 Å². The molecule has 0 amide bonds. The number of rotatable bonds is 2. The van der Waals surface area contributed by atoms with Crippen LogP contribution in [0, 0.1) is 0 Å². The third kappa shape index (κ3) is 2.71. The van der Waals surface area contributed by atoms with E-state index in [1.54, 1.807) is 6.07 Å². The smallest absolute Gasteiger partial charge is 0.280 e. The molecule has 0 unspecified atom stereocenters. The van der Waals surface area contributed by atoms with Crippen molar-refractivity contribution in [2.45, 2.75) is 13.0 Å². The summed E-state index contributed by atoms with van der Waals surface area (Å²) in [6, 6.07) is 2.93. The Labute approximate surface area is 75.2 Å². The molecule has 0 aromatic carbocycles. The number of hydrogen-bond donors (Lipinski definition) is 1. The summed E-state index contributed by atoms with van der Waals surface area (Å²) in [5.74, 6) is 0. The molecule has 0 fully saturated rings. The monoisotopic (exact) mass is 194 g/mol. The molecule has 1 aromatic heterocycles. The number of nitrogens with two attached hydrogens (primary N) is 1. The molecule has 0 saturated heterocycles. The normalized spacial score (nSPS) is 9.67. The zero-order valence-electron chi connectivity index (χ0n) is 6.21. The fourth-order valence-electron chi connectivity index (χ4n) is 0.741. The zero-order valence-corrected chi connectivity index (χ0v) is 7.02. The highest BCUT2D eigenvalue weighted by atomic mass is 35.5. The Morgan fingerprint density at radius 3 is 2.67 bits per heavy atom. The molecular formula is C7H9ClF2N2. The van der Waals surface area contributed by atoms with Crippen LogP contribution in [0.3, 0.4) is 0 Å². The van der Waals surface area contributed by atoms with Gasteiger partial charge in [-0.2, -0.15) is 0 Å². The molecule has 1 aromatic rings. The molecule has 0 bridgehead atoms. The van der Waals surface area contributed by atoms with Crippen molar-refractivity contribution >= 4 is 12.4 Å². The largest absolute Gasteiger partial charge is 0.326 e. The molecule has 0 spiro atoms. The van der Waals surface area contributed by atoms with Crippen molar-refractivity contribution in [3.8, 4) is 0 Å². The molecule has 5 heteroatoms. The highest BCUT2D eigenvalue weighted by Crippen LogP contribution is 2.16. The van der Waals surface area contributed by atoms with Crippen LogP contribution in [0.1, 0.15) is 17.7 Å². The van der Waals surface area contributed by atoms with Gasteiger partial charge in [-0.05, 0) is 17.7 Å². The molecule has 0 radical (unpaired) electrons. The minimum Gasteiger partial charge on any atom is -0.326 e. The quantitative estimate of drug-likeness (QED) is 0.781. The minimum atomic E-state index is -2.51. The van der Waals surface area contributed by atoms with E-state index < -0.39 is 6.43 Å². The first-order valence-electron chi connectivity index (χ1n) is 3.17. The lowest BCUT2D eigenvalue weighted by Gasteiger charge is -1.99. The van der Waals surface area contributed by atoms with E-state index in [4.69, 9.17) is 5.73 Å². The average molecular weight is 195 g/mol. The molecule has 0 aliphatic rings. The Bertz CT molecular complexity index is 243. The Hall–Kier alpha value is -0.740. The van der Waals surface area contributed by atoms with Gasteiger partial charge in [-0.1, -0.05) is 0 Å². The SMILES string of the molecule is Cl.NCc1ccnc(C(F)F)c1. The van der Waals surface area contributed by atoms with Gasteiger partial charge in [0.1, 0.15) is 5.69 Å². The number of aromatic nitrogens is 1. The van der Waals surface area contributed by atoms with Crippen LogP contribution in [0.2, 0.25) is 0 Å². The second kappa shape index (κ2) is 5.00. The van der Waals surface area contributed by atoms with Crippen molar-refractivity contribution in [1.29, 1.82) is 0 Å². The lowest BCUT2D eigenvalue weighted by molar-refractivity contribution is 0.146. The fourth-order valence-corrected chi connectivity index (χ4v) is 0.741. The predicted molar refractivity (Wildman–Crippen MR) is 44.3 cm³/mol. The summed E-state index contributed by atoms with van der Waals surface area (Å²) in [6.45, 7) is 0.266. The highest BCUT2D eigenvalue weighted by molar-refractivity contribution is 5.85. The third-order valence-corrected chi connectivity index (χ3v) is 1.30. The summed E-state index contributed by atoms with van der Waals surface area (Å²) in [7, 11) is 0. The van der Waals surface area contributed by atoms with Crippen LogP contribution in [0.5, 0.6) is 0 Å². The van der Waals surface area contributed by atoms with Gasteiger partial charge in [0.15, 0.2) is 0 Å². The highest BCUT2D eigenvalue weighted by Gasteiger charge is 2.07. The molecule has 68 valence electrons. The number of nitrogens with zero attached hydrogens (tertiary/aromatic N) is 1. The second-order valence-corrected chi connectivity index (χ2v) is 2.09. The van der Waals surface area contributed by atoms with Crippen LogP contribution in [0.4, 0.5) is 8.78 Å². The number of pyridine rings is 1. The summed E-state index contributed by atoms with van der Waals surface area (Å²) in [6.07, 6.45) is -1.18. The van der Waals surface area contributed by atoms with Crippen LogP contribution in [-0.2, 0) is 6.54 Å². The van der Waals surface area contributed by atoms with Gasteiger partial charge >= 0.3 is 0 Å². The number of halogens is 3. The van der Waals surface area contributed by atoms with Crippen molar-refractivity contribution in [1.82, 2.24) is 4.98 Å². The van der Waals surface area contributed by atoms with Crippen LogP contribution in [-0.4, -0.2) is 4.98 Å². The molecule has 2 nitrogen and oxygen atoms in total. The van der Waals surface area contributed by atoms with Gasteiger partial charge in [0, 0.05) is 12.7 Å². The van der Waals surface area contributed by atoms with Gasteiger partial charge in [0.05, 0.1) is 0 Å². The first kappa shape index (κ1) is 11.3. The van der Waals surface area contributed by atoms with E-state index >= 15 is 0 Å². The fraction of sp³-hybridized carbons (Fsp3) is 0.286. The molecule has 0 aliphatic carbocycles. The van der Waals surface area contributed by atoms with Crippen LogP contribution >= 0.6 is 12.4 Å². The van der Waals surface area contributed by atoms with Gasteiger partial charge in [-0.15, -0.1) is 12.4 Å². The van der Waals surface area contributed by atoms with Crippen molar-refractivity contribution < 1.29 is 8.78 Å². The first-order chi connectivity index (χ1) is 5.24. The van der Waals surface area contributed by atoms with Crippen LogP contribution in [0.15, 0.2) is 18.3 Å². The molecule has 2 N–H and O–H groups in total. The van der Waals surface area contributed by atoms with E-state index in [9.17, 15) is 8.78 Å². The van der Waals surface area contributed by atoms with E-state index in [-0.39, 0.29) is 24.6 Å². The van der Waals surface area contributed by atoms with Gasteiger partial charge in [-0.3, -0.25) is 4.98 Å². The third-order valence-electron chi connectivity index (χ3n) is 1.30. The van der Waals surface area contributed by atoms with Crippen LogP contribution < -0.4 is 5.73 Å². The average Bonchev–Trinajstić information content (AvgIpc) is 2.05. The molecule has 0 saturated carbocycles. The predicted octanol–water partition coefficient (Wildman–Crippen LogP) is 1.90. The van der Waals surface area contributed by atoms with E-state index in [1.807, 2.05) is 0 Å². The maximum Gasteiger partial charge on any atom is 0.280 e. The van der Waals surface area contributed by atoms with Crippen LogP contribution in [0.25, 0.3) is 0 Å². The Morgan fingerprint density at radius 1 is 1.50 bits per heavy atom. The van der Waals surface area contributed by atoms with Gasteiger partial charge in [0.25, 0.3) is 6.43 Å². The lowest BCUT2D eigenvalue weighted by Crippen LogP contribution is -1.98. The number of hydrogen-bond acceptors (Lipinski definition) is 2. The maximum absolute atomic E-state index is 12.0. The van der Waals surface area contributed by atoms with Crippen molar-refractivity contribution in [3.63, 3.8) is 0 Å². The minimum absolute atomic E-state index is 0. The molecule has 0 aliphatic heterocycles. The topological polar surface area (TPSA) is 38.9 Å². The summed E-state index contributed by atoms with van der Waals surface area (Å²) < 4.78 is 24.0. The molecular weight excluding hydrogens is 186 g/mol. The zero-order chi connectivity index (χ0) is 8.27. The van der Waals surface area contributed by atoms with E-state index in [0.29, 0.717) is 5.56 Å². The van der Waals surface area contributed by atoms with E-state index in [0.717, 1.165) is 0 Å². The summed E-state index contributed by atoms with van der Waals surface area (Å²) in [5.41, 5.74) is 5.71. The second-order valence-electron chi connectivity index (χ2n) is 2.09. The molecule has 12 heavy (non-hydrogen) atoms. The molecule has 1 rings (SSSR count). The van der Waals surface area contributed by atoms with Gasteiger partial charge in [-0.25, -0.2) is 8.78 Å². The van der Waals surface area contributed by atoms with E-state index in [1.165, 1.54) is 12.3 Å². The molecule has 1 heterocycles. The lowest BCUT2D eigenvalue weighted by atomic mass is 10.2. The van der Waals surface area contributed by atoms with Crippen molar-refractivity contribution in [2.24, 2.45) is 5.73 Å². The van der Waals surface area contributed by atoms with Gasteiger partial charge in [0.2, 0.25) is 0 Å². The summed E-state index contributed by atoms with van der Waals surface area (Å²) in [4.78, 5) is 3.48. The van der Waals surface area contributed by atoms with Gasteiger partial charge < -0.3 is 5.73 Å². The van der Waals surface area contributed by atoms with Crippen molar-refractivity contribution in [3.05, 3.63) is 29.6 Å².